The Labute approximate surface area is 209 Å². The molecule has 1 unspecified atom stereocenters. The molecule has 1 heterocycles. The van der Waals surface area contributed by atoms with Crippen LogP contribution in [0.2, 0.25) is 5.02 Å². The van der Waals surface area contributed by atoms with Crippen molar-refractivity contribution in [3.05, 3.63) is 105 Å². The molecule has 0 saturated carbocycles. The molecular formula is C25H17BrClN3O2S. The van der Waals surface area contributed by atoms with Gasteiger partial charge in [-0.2, -0.15) is 5.26 Å². The van der Waals surface area contributed by atoms with E-state index in [1.54, 1.807) is 48.5 Å². The highest BCUT2D eigenvalue weighted by molar-refractivity contribution is 9.10. The van der Waals surface area contributed by atoms with Crippen LogP contribution in [0.1, 0.15) is 5.56 Å². The van der Waals surface area contributed by atoms with Gasteiger partial charge in [0.05, 0.1) is 5.25 Å². The molecule has 1 N–H and O–H groups in total. The van der Waals surface area contributed by atoms with Gasteiger partial charge in [-0.1, -0.05) is 69.6 Å². The number of para-hydroxylation sites is 1. The molecule has 3 aromatic carbocycles. The number of anilines is 2. The third-order valence-corrected chi connectivity index (χ3v) is 7.00. The van der Waals surface area contributed by atoms with E-state index in [2.05, 4.69) is 21.2 Å². The second kappa shape index (κ2) is 10.3. The highest BCUT2D eigenvalue weighted by Crippen LogP contribution is 2.42. The van der Waals surface area contributed by atoms with Crippen LogP contribution in [0.15, 0.2) is 93.9 Å². The Morgan fingerprint density at radius 2 is 1.73 bits per heavy atom. The molecule has 164 valence electrons. The van der Waals surface area contributed by atoms with Gasteiger partial charge in [-0.15, -0.1) is 0 Å². The van der Waals surface area contributed by atoms with E-state index in [1.165, 1.54) is 16.7 Å². The summed E-state index contributed by atoms with van der Waals surface area (Å²) < 4.78 is 0.948. The number of hydrogen-bond acceptors (Lipinski definition) is 4. The van der Waals surface area contributed by atoms with Gasteiger partial charge in [-0.05, 0) is 60.5 Å². The van der Waals surface area contributed by atoms with Crippen LogP contribution in [0.4, 0.5) is 11.4 Å². The van der Waals surface area contributed by atoms with Crippen LogP contribution in [0.25, 0.3) is 0 Å². The van der Waals surface area contributed by atoms with Crippen LogP contribution in [0.3, 0.4) is 0 Å². The third kappa shape index (κ3) is 5.31. The minimum Gasteiger partial charge on any atom is -0.321 e. The summed E-state index contributed by atoms with van der Waals surface area (Å²) in [7, 11) is 0. The lowest BCUT2D eigenvalue weighted by Crippen LogP contribution is -2.30. The molecule has 0 bridgehead atoms. The number of nitrogens with zero attached hydrogens (tertiary/aromatic N) is 2. The maximum absolute atomic E-state index is 13.5. The highest BCUT2D eigenvalue weighted by atomic mass is 79.9. The molecule has 5 nitrogen and oxygen atoms in total. The Morgan fingerprint density at radius 3 is 2.36 bits per heavy atom. The molecule has 0 aliphatic carbocycles. The van der Waals surface area contributed by atoms with E-state index < -0.39 is 11.2 Å². The zero-order valence-electron chi connectivity index (χ0n) is 17.2. The average Bonchev–Trinajstić information content (AvgIpc) is 3.12. The van der Waals surface area contributed by atoms with E-state index in [-0.39, 0.29) is 11.5 Å². The molecule has 4 rings (SSSR count). The van der Waals surface area contributed by atoms with E-state index in [4.69, 9.17) is 11.6 Å². The van der Waals surface area contributed by atoms with E-state index in [9.17, 15) is 14.9 Å². The van der Waals surface area contributed by atoms with Gasteiger partial charge in [0.1, 0.15) is 16.7 Å². The Bertz CT molecular complexity index is 1260. The van der Waals surface area contributed by atoms with Gasteiger partial charge in [0.15, 0.2) is 0 Å². The van der Waals surface area contributed by atoms with Crippen molar-refractivity contribution in [2.45, 2.75) is 11.7 Å². The lowest BCUT2D eigenvalue weighted by Gasteiger charge is -2.19. The van der Waals surface area contributed by atoms with Gasteiger partial charge in [0.2, 0.25) is 5.91 Å². The van der Waals surface area contributed by atoms with Gasteiger partial charge in [-0.25, -0.2) is 0 Å². The van der Waals surface area contributed by atoms with E-state index in [0.717, 1.165) is 10.0 Å². The number of nitrogens with one attached hydrogen (secondary N) is 1. The quantitative estimate of drug-likeness (QED) is 0.312. The van der Waals surface area contributed by atoms with Crippen molar-refractivity contribution in [3.63, 3.8) is 0 Å². The van der Waals surface area contributed by atoms with Crippen molar-refractivity contribution in [2.24, 2.45) is 0 Å². The van der Waals surface area contributed by atoms with Crippen LogP contribution >= 0.6 is 39.3 Å². The molecule has 0 spiro atoms. The summed E-state index contributed by atoms with van der Waals surface area (Å²) >= 11 is 10.7. The normalized spacial score (nSPS) is 16.9. The standard InChI is InChI=1S/C25H17BrClN3O2S/c26-17-8-6-16(7-9-17)14-22-24(32)30(20-12-10-18(27)11-13-20)25(33-22)21(15-28)23(31)29-19-4-2-1-3-5-19/h1-13,22H,14H2,(H,29,31)/b25-21-. The van der Waals surface area contributed by atoms with Crippen LogP contribution in [0.5, 0.6) is 0 Å². The zero-order valence-corrected chi connectivity index (χ0v) is 20.3. The lowest BCUT2D eigenvalue weighted by atomic mass is 10.1. The molecule has 1 aliphatic rings. The molecule has 2 amide bonds. The van der Waals surface area contributed by atoms with Crippen molar-refractivity contribution in [1.82, 2.24) is 0 Å². The molecule has 1 fully saturated rings. The van der Waals surface area contributed by atoms with Gasteiger partial charge in [0, 0.05) is 20.9 Å². The zero-order chi connectivity index (χ0) is 23.4. The Balaban J connectivity index is 1.72. The molecule has 1 aliphatic heterocycles. The molecule has 1 saturated heterocycles. The number of nitriles is 1. The topological polar surface area (TPSA) is 73.2 Å². The first-order chi connectivity index (χ1) is 16.0. The van der Waals surface area contributed by atoms with Crippen molar-refractivity contribution < 1.29 is 9.59 Å². The summed E-state index contributed by atoms with van der Waals surface area (Å²) in [5, 5.41) is 13.0. The highest BCUT2D eigenvalue weighted by Gasteiger charge is 2.40. The van der Waals surface area contributed by atoms with Gasteiger partial charge in [-0.3, -0.25) is 14.5 Å². The van der Waals surface area contributed by atoms with Gasteiger partial charge < -0.3 is 5.32 Å². The number of carbonyl (C=O) groups is 2. The SMILES string of the molecule is N#C/C(C(=O)Nc1ccccc1)=C1/SC(Cc2ccc(Br)cc2)C(=O)N1c1ccc(Cl)cc1. The fourth-order valence-corrected chi connectivity index (χ4v) is 5.06. The second-order valence-corrected chi connectivity index (χ2v) is 9.74. The van der Waals surface area contributed by atoms with Crippen molar-refractivity contribution in [3.8, 4) is 6.07 Å². The number of amides is 2. The number of benzene rings is 3. The van der Waals surface area contributed by atoms with Crippen LogP contribution in [-0.4, -0.2) is 17.1 Å². The smallest absolute Gasteiger partial charge is 0.269 e. The summed E-state index contributed by atoms with van der Waals surface area (Å²) in [5.41, 5.74) is 1.97. The van der Waals surface area contributed by atoms with Gasteiger partial charge in [0.25, 0.3) is 5.91 Å². The van der Waals surface area contributed by atoms with Crippen LogP contribution < -0.4 is 10.2 Å². The minimum atomic E-state index is -0.567. The molecule has 0 radical (unpaired) electrons. The molecule has 1 atom stereocenters. The number of thioether (sulfide) groups is 1. The fourth-order valence-electron chi connectivity index (χ4n) is 3.36. The first-order valence-corrected chi connectivity index (χ1v) is 12.0. The lowest BCUT2D eigenvalue weighted by molar-refractivity contribution is -0.117. The summed E-state index contributed by atoms with van der Waals surface area (Å²) in [6.45, 7) is 0. The average molecular weight is 539 g/mol. The summed E-state index contributed by atoms with van der Waals surface area (Å²) in [5.74, 6) is -0.761. The van der Waals surface area contributed by atoms with E-state index in [1.807, 2.05) is 36.4 Å². The predicted molar refractivity (Wildman–Crippen MR) is 136 cm³/mol. The Morgan fingerprint density at radius 1 is 1.06 bits per heavy atom. The first-order valence-electron chi connectivity index (χ1n) is 9.97. The number of carbonyl (C=O) groups excluding carboxylic acids is 2. The van der Waals surface area contributed by atoms with Crippen molar-refractivity contribution in [1.29, 1.82) is 5.26 Å². The maximum atomic E-state index is 13.5. The van der Waals surface area contributed by atoms with Crippen molar-refractivity contribution >= 4 is 62.5 Å². The third-order valence-electron chi connectivity index (χ3n) is 4.96. The van der Waals surface area contributed by atoms with Crippen LogP contribution in [-0.2, 0) is 16.0 Å². The van der Waals surface area contributed by atoms with Crippen LogP contribution in [0, 0.1) is 11.3 Å². The summed E-state index contributed by atoms with van der Waals surface area (Å²) in [6.07, 6.45) is 0.462. The molecule has 33 heavy (non-hydrogen) atoms. The Kier molecular flexibility index (Phi) is 7.19. The van der Waals surface area contributed by atoms with E-state index >= 15 is 0 Å². The summed E-state index contributed by atoms with van der Waals surface area (Å²) in [4.78, 5) is 27.9. The van der Waals surface area contributed by atoms with Gasteiger partial charge >= 0.3 is 0 Å². The Hall–Kier alpha value is -3.05. The number of halogens is 2. The molecule has 8 heteroatoms. The van der Waals surface area contributed by atoms with Crippen molar-refractivity contribution in [2.75, 3.05) is 10.2 Å². The largest absolute Gasteiger partial charge is 0.321 e. The van der Waals surface area contributed by atoms with E-state index in [0.29, 0.717) is 27.8 Å². The summed E-state index contributed by atoms with van der Waals surface area (Å²) in [6, 6.07) is 25.4. The molecular weight excluding hydrogens is 522 g/mol. The number of rotatable bonds is 5. The monoisotopic (exact) mass is 537 g/mol. The molecule has 3 aromatic rings. The first kappa shape index (κ1) is 23.1. The predicted octanol–water partition coefficient (Wildman–Crippen LogP) is 6.17. The minimum absolute atomic E-state index is 0.120. The maximum Gasteiger partial charge on any atom is 0.269 e. The number of hydrogen-bond donors (Lipinski definition) is 1. The second-order valence-electron chi connectivity index (χ2n) is 7.20. The molecule has 0 aromatic heterocycles. The fraction of sp³-hybridized carbons (Fsp3) is 0.0800.